The van der Waals surface area contributed by atoms with Gasteiger partial charge in [-0.2, -0.15) is 5.26 Å². The SMILES string of the molecule is CCC(=O)NC1CCN(C(=O)CC#N)CC1. The van der Waals surface area contributed by atoms with Crippen LogP contribution < -0.4 is 5.32 Å². The molecule has 1 rings (SSSR count). The number of nitriles is 1. The van der Waals surface area contributed by atoms with Crippen molar-refractivity contribution in [2.75, 3.05) is 13.1 Å². The fourth-order valence-corrected chi connectivity index (χ4v) is 1.78. The first-order valence-corrected chi connectivity index (χ1v) is 5.61. The third-order valence-corrected chi connectivity index (χ3v) is 2.76. The number of hydrogen-bond acceptors (Lipinski definition) is 3. The van der Waals surface area contributed by atoms with Crippen LogP contribution in [-0.2, 0) is 9.59 Å². The maximum Gasteiger partial charge on any atom is 0.236 e. The predicted molar refractivity (Wildman–Crippen MR) is 58.3 cm³/mol. The zero-order valence-corrected chi connectivity index (χ0v) is 9.53. The van der Waals surface area contributed by atoms with E-state index in [0.717, 1.165) is 12.8 Å². The van der Waals surface area contributed by atoms with Crippen LogP contribution in [0.5, 0.6) is 0 Å². The highest BCUT2D eigenvalue weighted by molar-refractivity contribution is 5.78. The number of hydrogen-bond donors (Lipinski definition) is 1. The van der Waals surface area contributed by atoms with Crippen LogP contribution in [-0.4, -0.2) is 35.8 Å². The van der Waals surface area contributed by atoms with Crippen LogP contribution in [0.25, 0.3) is 0 Å². The molecule has 0 aromatic rings. The molecule has 0 radical (unpaired) electrons. The van der Waals surface area contributed by atoms with E-state index in [1.807, 2.05) is 13.0 Å². The van der Waals surface area contributed by atoms with Crippen LogP contribution in [0.4, 0.5) is 0 Å². The largest absolute Gasteiger partial charge is 0.353 e. The number of carbonyl (C=O) groups is 2. The summed E-state index contributed by atoms with van der Waals surface area (Å²) in [5.74, 6) is -0.0513. The standard InChI is InChI=1S/C11H17N3O2/c1-2-10(15)13-9-4-7-14(8-5-9)11(16)3-6-12/h9H,2-5,7-8H2,1H3,(H,13,15). The minimum atomic E-state index is -0.109. The second-order valence-electron chi connectivity index (χ2n) is 3.91. The maximum atomic E-state index is 11.4. The fraction of sp³-hybridized carbons (Fsp3) is 0.727. The van der Waals surface area contributed by atoms with Gasteiger partial charge in [-0.15, -0.1) is 0 Å². The lowest BCUT2D eigenvalue weighted by atomic mass is 10.0. The average Bonchev–Trinajstić information content (AvgIpc) is 2.30. The van der Waals surface area contributed by atoms with Crippen molar-refractivity contribution in [3.05, 3.63) is 0 Å². The van der Waals surface area contributed by atoms with E-state index in [1.54, 1.807) is 4.90 Å². The van der Waals surface area contributed by atoms with Crippen molar-refractivity contribution in [1.29, 1.82) is 5.26 Å². The highest BCUT2D eigenvalue weighted by Crippen LogP contribution is 2.11. The highest BCUT2D eigenvalue weighted by Gasteiger charge is 2.22. The van der Waals surface area contributed by atoms with Gasteiger partial charge in [-0.1, -0.05) is 6.92 Å². The molecule has 0 spiro atoms. The second kappa shape index (κ2) is 6.11. The van der Waals surface area contributed by atoms with Crippen molar-refractivity contribution < 1.29 is 9.59 Å². The minimum absolute atomic E-state index is 0.0496. The molecule has 0 bridgehead atoms. The van der Waals surface area contributed by atoms with Gasteiger partial charge in [0, 0.05) is 25.6 Å². The Morgan fingerprint density at radius 3 is 2.56 bits per heavy atom. The number of nitrogens with one attached hydrogen (secondary N) is 1. The van der Waals surface area contributed by atoms with Gasteiger partial charge >= 0.3 is 0 Å². The number of likely N-dealkylation sites (tertiary alicyclic amines) is 1. The first kappa shape index (κ1) is 12.5. The summed E-state index contributed by atoms with van der Waals surface area (Å²) in [6, 6.07) is 2.04. The van der Waals surface area contributed by atoms with Crippen molar-refractivity contribution in [3.8, 4) is 6.07 Å². The minimum Gasteiger partial charge on any atom is -0.353 e. The third-order valence-electron chi connectivity index (χ3n) is 2.76. The average molecular weight is 223 g/mol. The van der Waals surface area contributed by atoms with Gasteiger partial charge in [-0.25, -0.2) is 0 Å². The van der Waals surface area contributed by atoms with Crippen LogP contribution in [0.2, 0.25) is 0 Å². The Labute approximate surface area is 95.4 Å². The van der Waals surface area contributed by atoms with E-state index in [-0.39, 0.29) is 24.3 Å². The third kappa shape index (κ3) is 3.54. The van der Waals surface area contributed by atoms with E-state index in [1.165, 1.54) is 0 Å². The number of carbonyl (C=O) groups excluding carboxylic acids is 2. The summed E-state index contributed by atoms with van der Waals surface area (Å²) in [6.07, 6.45) is 2.01. The molecule has 1 heterocycles. The molecule has 0 saturated carbocycles. The molecular formula is C11H17N3O2. The van der Waals surface area contributed by atoms with Crippen LogP contribution in [0.15, 0.2) is 0 Å². The molecule has 1 aliphatic rings. The Morgan fingerprint density at radius 1 is 1.44 bits per heavy atom. The van der Waals surface area contributed by atoms with E-state index in [9.17, 15) is 9.59 Å². The fourth-order valence-electron chi connectivity index (χ4n) is 1.78. The van der Waals surface area contributed by atoms with Crippen molar-refractivity contribution in [3.63, 3.8) is 0 Å². The topological polar surface area (TPSA) is 73.2 Å². The van der Waals surface area contributed by atoms with Gasteiger partial charge in [0.25, 0.3) is 0 Å². The molecule has 0 aromatic carbocycles. The molecule has 1 fully saturated rings. The van der Waals surface area contributed by atoms with Crippen LogP contribution in [0, 0.1) is 11.3 Å². The Bertz CT molecular complexity index is 301. The smallest absolute Gasteiger partial charge is 0.236 e. The quantitative estimate of drug-likeness (QED) is 0.753. The van der Waals surface area contributed by atoms with Gasteiger partial charge in [-0.05, 0) is 12.8 Å². The maximum absolute atomic E-state index is 11.4. The molecule has 5 nitrogen and oxygen atoms in total. The Morgan fingerprint density at radius 2 is 2.06 bits per heavy atom. The zero-order valence-electron chi connectivity index (χ0n) is 9.53. The Hall–Kier alpha value is -1.57. The van der Waals surface area contributed by atoms with E-state index in [0.29, 0.717) is 19.5 Å². The summed E-state index contributed by atoms with van der Waals surface area (Å²) in [5.41, 5.74) is 0. The van der Waals surface area contributed by atoms with Crippen molar-refractivity contribution >= 4 is 11.8 Å². The van der Waals surface area contributed by atoms with Gasteiger partial charge in [0.2, 0.25) is 11.8 Å². The number of piperidine rings is 1. The summed E-state index contributed by atoms with van der Waals surface area (Å²) in [4.78, 5) is 24.3. The summed E-state index contributed by atoms with van der Waals surface area (Å²) in [6.45, 7) is 3.09. The van der Waals surface area contributed by atoms with Gasteiger partial charge in [-0.3, -0.25) is 9.59 Å². The number of rotatable bonds is 3. The molecule has 16 heavy (non-hydrogen) atoms. The molecule has 1 saturated heterocycles. The second-order valence-corrected chi connectivity index (χ2v) is 3.91. The summed E-state index contributed by atoms with van der Waals surface area (Å²) in [7, 11) is 0. The lowest BCUT2D eigenvalue weighted by Gasteiger charge is -2.31. The van der Waals surface area contributed by atoms with Crippen molar-refractivity contribution in [2.24, 2.45) is 0 Å². The van der Waals surface area contributed by atoms with Crippen LogP contribution >= 0.6 is 0 Å². The van der Waals surface area contributed by atoms with Gasteiger partial charge in [0.15, 0.2) is 0 Å². The summed E-state index contributed by atoms with van der Waals surface area (Å²) >= 11 is 0. The molecule has 5 heteroatoms. The molecule has 88 valence electrons. The van der Waals surface area contributed by atoms with Gasteiger partial charge < -0.3 is 10.2 Å². The number of nitrogens with zero attached hydrogens (tertiary/aromatic N) is 2. The molecule has 0 atom stereocenters. The number of amides is 2. The first-order valence-electron chi connectivity index (χ1n) is 5.61. The molecule has 1 aliphatic heterocycles. The molecule has 0 aliphatic carbocycles. The normalized spacial score (nSPS) is 16.6. The predicted octanol–water partition coefficient (Wildman–Crippen LogP) is 0.417. The van der Waals surface area contributed by atoms with E-state index in [4.69, 9.17) is 5.26 Å². The van der Waals surface area contributed by atoms with Crippen LogP contribution in [0.1, 0.15) is 32.6 Å². The monoisotopic (exact) mass is 223 g/mol. The van der Waals surface area contributed by atoms with E-state index >= 15 is 0 Å². The Kier molecular flexibility index (Phi) is 4.77. The Balaban J connectivity index is 2.31. The van der Waals surface area contributed by atoms with E-state index < -0.39 is 0 Å². The van der Waals surface area contributed by atoms with Crippen molar-refractivity contribution in [1.82, 2.24) is 10.2 Å². The van der Waals surface area contributed by atoms with Gasteiger partial charge in [0.1, 0.15) is 6.42 Å². The van der Waals surface area contributed by atoms with E-state index in [2.05, 4.69) is 5.32 Å². The lowest BCUT2D eigenvalue weighted by Crippen LogP contribution is -2.46. The lowest BCUT2D eigenvalue weighted by molar-refractivity contribution is -0.131. The van der Waals surface area contributed by atoms with Crippen LogP contribution in [0.3, 0.4) is 0 Å². The molecule has 1 N–H and O–H groups in total. The zero-order chi connectivity index (χ0) is 12.0. The van der Waals surface area contributed by atoms with Gasteiger partial charge in [0.05, 0.1) is 6.07 Å². The summed E-state index contributed by atoms with van der Waals surface area (Å²) in [5, 5.41) is 11.3. The highest BCUT2D eigenvalue weighted by atomic mass is 16.2. The molecule has 2 amide bonds. The molecular weight excluding hydrogens is 206 g/mol. The molecule has 0 unspecified atom stereocenters. The first-order chi connectivity index (χ1) is 7.67. The summed E-state index contributed by atoms with van der Waals surface area (Å²) < 4.78 is 0. The molecule has 0 aromatic heterocycles. The van der Waals surface area contributed by atoms with Crippen molar-refractivity contribution in [2.45, 2.75) is 38.6 Å².